The van der Waals surface area contributed by atoms with Gasteiger partial charge in [-0.15, -0.1) is 0 Å². The van der Waals surface area contributed by atoms with E-state index in [1.165, 1.54) is 18.2 Å². The molecule has 0 bridgehead atoms. The molecule has 4 nitrogen and oxygen atoms in total. The average Bonchev–Trinajstić information content (AvgIpc) is 2.64. The van der Waals surface area contributed by atoms with Crippen molar-refractivity contribution in [1.29, 1.82) is 0 Å². The van der Waals surface area contributed by atoms with E-state index in [1.54, 1.807) is 24.3 Å². The van der Waals surface area contributed by atoms with E-state index in [2.05, 4.69) is 27.9 Å². The molecule has 0 radical (unpaired) electrons. The van der Waals surface area contributed by atoms with E-state index in [0.717, 1.165) is 15.7 Å². The van der Waals surface area contributed by atoms with Crippen molar-refractivity contribution < 1.29 is 27.9 Å². The van der Waals surface area contributed by atoms with Gasteiger partial charge in [-0.1, -0.05) is 42.5 Å². The molecule has 2 rings (SSSR count). The molecule has 8 heteroatoms. The second-order valence-corrected chi connectivity index (χ2v) is 7.18. The summed E-state index contributed by atoms with van der Waals surface area (Å²) >= 11 is 2.09. The van der Waals surface area contributed by atoms with Crippen molar-refractivity contribution in [3.05, 3.63) is 69.3 Å². The van der Waals surface area contributed by atoms with Crippen LogP contribution in [0.25, 0.3) is 0 Å². The molecule has 1 unspecified atom stereocenters. The number of benzene rings is 2. The lowest BCUT2D eigenvalue weighted by Gasteiger charge is -2.31. The maximum atomic E-state index is 13.4. The van der Waals surface area contributed by atoms with Gasteiger partial charge in [-0.2, -0.15) is 13.2 Å². The molecular formula is C19H17F3INO3. The van der Waals surface area contributed by atoms with Crippen LogP contribution in [0.15, 0.2) is 54.6 Å². The van der Waals surface area contributed by atoms with Gasteiger partial charge in [0.1, 0.15) is 0 Å². The molecule has 0 saturated heterocycles. The smallest absolute Gasteiger partial charge is 0.375 e. The Labute approximate surface area is 167 Å². The van der Waals surface area contributed by atoms with Gasteiger partial charge >= 0.3 is 6.18 Å². The first-order chi connectivity index (χ1) is 12.6. The number of alkyl halides is 3. The van der Waals surface area contributed by atoms with Crippen molar-refractivity contribution in [1.82, 2.24) is 5.32 Å². The largest absolute Gasteiger partial charge is 0.423 e. The van der Waals surface area contributed by atoms with Crippen molar-refractivity contribution in [2.45, 2.75) is 24.6 Å². The highest BCUT2D eigenvalue weighted by Gasteiger charge is 2.55. The fourth-order valence-electron chi connectivity index (χ4n) is 2.40. The molecule has 0 saturated carbocycles. The number of nitrogens with one attached hydrogen (secondary N) is 1. The van der Waals surface area contributed by atoms with Crippen molar-refractivity contribution in [2.24, 2.45) is 0 Å². The van der Waals surface area contributed by atoms with E-state index in [9.17, 15) is 27.9 Å². The molecule has 0 aliphatic carbocycles. The Morgan fingerprint density at radius 2 is 1.56 bits per heavy atom. The Morgan fingerprint density at radius 3 is 2.11 bits per heavy atom. The van der Waals surface area contributed by atoms with E-state index in [1.807, 2.05) is 0 Å². The van der Waals surface area contributed by atoms with E-state index < -0.39 is 24.2 Å². The summed E-state index contributed by atoms with van der Waals surface area (Å²) in [6.07, 6.45) is -5.38. The fourth-order valence-corrected chi connectivity index (χ4v) is 2.76. The first kappa shape index (κ1) is 21.4. The first-order valence-electron chi connectivity index (χ1n) is 8.03. The molecule has 0 heterocycles. The summed E-state index contributed by atoms with van der Waals surface area (Å²) in [5.41, 5.74) is -3.14. The van der Waals surface area contributed by atoms with Crippen molar-refractivity contribution in [2.75, 3.05) is 6.54 Å². The molecular weight excluding hydrogens is 474 g/mol. The van der Waals surface area contributed by atoms with Crippen LogP contribution in [-0.2, 0) is 10.4 Å². The predicted octanol–water partition coefficient (Wildman–Crippen LogP) is 3.82. The van der Waals surface area contributed by atoms with Gasteiger partial charge < -0.3 is 10.4 Å². The topological polar surface area (TPSA) is 66.4 Å². The van der Waals surface area contributed by atoms with Crippen molar-refractivity contribution in [3.8, 4) is 0 Å². The molecule has 1 atom stereocenters. The summed E-state index contributed by atoms with van der Waals surface area (Å²) in [5, 5.41) is 12.2. The number of carbonyl (C=O) groups is 2. The molecule has 2 aromatic carbocycles. The number of aliphatic hydroxyl groups is 1. The number of Topliss-reactive ketones (excluding diaryl/α,β-unsaturated/α-hetero) is 1. The van der Waals surface area contributed by atoms with Gasteiger partial charge in [0.15, 0.2) is 5.78 Å². The van der Waals surface area contributed by atoms with Crippen molar-refractivity contribution in [3.63, 3.8) is 0 Å². The van der Waals surface area contributed by atoms with Gasteiger partial charge in [0, 0.05) is 22.0 Å². The highest BCUT2D eigenvalue weighted by Crippen LogP contribution is 2.38. The maximum Gasteiger partial charge on any atom is 0.423 e. The highest BCUT2D eigenvalue weighted by atomic mass is 127. The van der Waals surface area contributed by atoms with Crippen LogP contribution < -0.4 is 5.32 Å². The molecule has 2 aromatic rings. The molecule has 0 aromatic heterocycles. The fraction of sp³-hybridized carbons (Fsp3) is 0.263. The second kappa shape index (κ2) is 8.83. The lowest BCUT2D eigenvalue weighted by Crippen LogP contribution is -2.51. The third kappa shape index (κ3) is 5.52. The quantitative estimate of drug-likeness (QED) is 0.458. The van der Waals surface area contributed by atoms with E-state index in [-0.39, 0.29) is 24.2 Å². The monoisotopic (exact) mass is 491 g/mol. The van der Waals surface area contributed by atoms with Crippen LogP contribution >= 0.6 is 22.6 Å². The summed E-state index contributed by atoms with van der Waals surface area (Å²) < 4.78 is 41.0. The van der Waals surface area contributed by atoms with E-state index in [4.69, 9.17) is 0 Å². The molecule has 0 spiro atoms. The minimum atomic E-state index is -4.97. The zero-order valence-corrected chi connectivity index (χ0v) is 16.3. The van der Waals surface area contributed by atoms with Crippen LogP contribution in [0.4, 0.5) is 13.2 Å². The second-order valence-electron chi connectivity index (χ2n) is 5.93. The minimum Gasteiger partial charge on any atom is -0.375 e. The number of ketones is 1. The Balaban J connectivity index is 1.96. The number of halogens is 4. The third-order valence-corrected chi connectivity index (χ3v) is 4.73. The van der Waals surface area contributed by atoms with Crippen LogP contribution in [0.2, 0.25) is 0 Å². The zero-order chi connectivity index (χ0) is 20.1. The number of amides is 1. The maximum absolute atomic E-state index is 13.4. The normalized spacial score (nSPS) is 13.7. The van der Waals surface area contributed by atoms with Gasteiger partial charge in [-0.3, -0.25) is 9.59 Å². The van der Waals surface area contributed by atoms with E-state index in [0.29, 0.717) is 5.56 Å². The lowest BCUT2D eigenvalue weighted by atomic mass is 9.93. The first-order valence-corrected chi connectivity index (χ1v) is 9.11. The van der Waals surface area contributed by atoms with Crippen LogP contribution in [0.5, 0.6) is 0 Å². The highest BCUT2D eigenvalue weighted by molar-refractivity contribution is 14.1. The standard InChI is InChI=1S/C19H17F3INO3/c20-19(21,22)18(27,14-4-2-1-3-5-14)12-24-17(26)11-10-16(25)13-6-8-15(23)9-7-13/h1-9,27H,10-12H2,(H,24,26). The SMILES string of the molecule is O=C(CCC(=O)c1ccc(I)cc1)NCC(O)(c1ccccc1)C(F)(F)F. The van der Waals surface area contributed by atoms with Gasteiger partial charge in [0.05, 0.1) is 6.54 Å². The summed E-state index contributed by atoms with van der Waals surface area (Å²) in [5.74, 6) is -1.02. The van der Waals surface area contributed by atoms with Gasteiger partial charge in [0.2, 0.25) is 11.5 Å². The zero-order valence-electron chi connectivity index (χ0n) is 14.1. The predicted molar refractivity (Wildman–Crippen MR) is 102 cm³/mol. The summed E-state index contributed by atoms with van der Waals surface area (Å²) in [4.78, 5) is 23.9. The Morgan fingerprint density at radius 1 is 0.963 bits per heavy atom. The van der Waals surface area contributed by atoms with Crippen LogP contribution in [0, 0.1) is 3.57 Å². The molecule has 0 aliphatic rings. The Hall–Kier alpha value is -1.94. The number of hydrogen-bond donors (Lipinski definition) is 2. The average molecular weight is 491 g/mol. The van der Waals surface area contributed by atoms with Crippen LogP contribution in [0.1, 0.15) is 28.8 Å². The molecule has 0 fully saturated rings. The lowest BCUT2D eigenvalue weighted by molar-refractivity contribution is -0.264. The number of carbonyl (C=O) groups excluding carboxylic acids is 2. The van der Waals surface area contributed by atoms with Crippen LogP contribution in [0.3, 0.4) is 0 Å². The molecule has 0 aliphatic heterocycles. The summed E-state index contributed by atoms with van der Waals surface area (Å²) in [6.45, 7) is -1.03. The molecule has 1 amide bonds. The third-order valence-electron chi connectivity index (χ3n) is 4.01. The minimum absolute atomic E-state index is 0.137. The Kier molecular flexibility index (Phi) is 6.99. The Bertz CT molecular complexity index is 794. The van der Waals surface area contributed by atoms with Gasteiger partial charge in [-0.05, 0) is 40.3 Å². The van der Waals surface area contributed by atoms with Gasteiger partial charge in [-0.25, -0.2) is 0 Å². The van der Waals surface area contributed by atoms with Crippen LogP contribution in [-0.4, -0.2) is 29.5 Å². The number of rotatable bonds is 7. The van der Waals surface area contributed by atoms with Gasteiger partial charge in [0.25, 0.3) is 0 Å². The number of hydrogen-bond acceptors (Lipinski definition) is 3. The molecule has 144 valence electrons. The van der Waals surface area contributed by atoms with Crippen molar-refractivity contribution >= 4 is 34.3 Å². The summed E-state index contributed by atoms with van der Waals surface area (Å²) in [7, 11) is 0. The molecule has 2 N–H and O–H groups in total. The van der Waals surface area contributed by atoms with E-state index >= 15 is 0 Å². The summed E-state index contributed by atoms with van der Waals surface area (Å²) in [6, 6.07) is 13.3. The molecule has 27 heavy (non-hydrogen) atoms.